The SMILES string of the molecule is CC(COCC(O)COC1=C(O)COC1=O)C[Si](C)(O[Si](C)(C)C)O[Si](C)(C)C. The van der Waals surface area contributed by atoms with Crippen molar-refractivity contribution in [1.82, 2.24) is 0 Å². The van der Waals surface area contributed by atoms with Gasteiger partial charge in [-0.1, -0.05) is 6.92 Å². The molecule has 1 rings (SSSR count). The summed E-state index contributed by atoms with van der Waals surface area (Å²) in [7, 11) is -5.83. The maximum atomic E-state index is 11.3. The Morgan fingerprint density at radius 2 is 1.55 bits per heavy atom. The molecule has 1 aliphatic heterocycles. The van der Waals surface area contributed by atoms with Gasteiger partial charge in [0, 0.05) is 6.61 Å². The van der Waals surface area contributed by atoms with Crippen molar-refractivity contribution in [1.29, 1.82) is 0 Å². The Morgan fingerprint density at radius 3 is 2.00 bits per heavy atom. The summed E-state index contributed by atoms with van der Waals surface area (Å²) in [6.07, 6.45) is -0.920. The van der Waals surface area contributed by atoms with Crippen LogP contribution in [0.5, 0.6) is 0 Å². The predicted molar refractivity (Wildman–Crippen MR) is 118 cm³/mol. The molecule has 0 fully saturated rings. The lowest BCUT2D eigenvalue weighted by atomic mass is 10.2. The van der Waals surface area contributed by atoms with Gasteiger partial charge in [0.25, 0.3) is 0 Å². The van der Waals surface area contributed by atoms with Crippen LogP contribution in [0.15, 0.2) is 11.5 Å². The van der Waals surface area contributed by atoms with Crippen molar-refractivity contribution in [2.24, 2.45) is 5.92 Å². The summed E-state index contributed by atoms with van der Waals surface area (Å²) < 4.78 is 28.4. The zero-order valence-corrected chi connectivity index (χ0v) is 22.0. The van der Waals surface area contributed by atoms with Gasteiger partial charge in [-0.15, -0.1) is 0 Å². The second-order valence-corrected chi connectivity index (χ2v) is 22.5. The molecule has 2 atom stereocenters. The number of aliphatic hydroxyl groups excluding tert-OH is 2. The molecule has 0 aliphatic carbocycles. The average Bonchev–Trinajstić information content (AvgIpc) is 2.79. The van der Waals surface area contributed by atoms with Gasteiger partial charge in [-0.05, 0) is 57.8 Å². The minimum atomic E-state index is -2.34. The number of aliphatic hydroxyl groups is 2. The van der Waals surface area contributed by atoms with E-state index in [1.165, 1.54) is 0 Å². The largest absolute Gasteiger partial charge is 0.505 e. The van der Waals surface area contributed by atoms with Crippen molar-refractivity contribution in [3.8, 4) is 0 Å². The Bertz CT molecular complexity index is 567. The normalized spacial score (nSPS) is 18.0. The van der Waals surface area contributed by atoms with Gasteiger partial charge in [0.05, 0.1) is 6.61 Å². The molecule has 0 spiro atoms. The monoisotopic (exact) mass is 466 g/mol. The summed E-state index contributed by atoms with van der Waals surface area (Å²) in [5.41, 5.74) is 0. The van der Waals surface area contributed by atoms with E-state index in [0.717, 1.165) is 6.04 Å². The van der Waals surface area contributed by atoms with Crippen molar-refractivity contribution in [2.75, 3.05) is 26.4 Å². The first-order chi connectivity index (χ1) is 13.1. The fraction of sp³-hybridized carbons (Fsp3) is 0.833. The number of esters is 1. The highest BCUT2D eigenvalue weighted by Gasteiger charge is 2.41. The number of rotatable bonds is 13. The van der Waals surface area contributed by atoms with Gasteiger partial charge < -0.3 is 32.7 Å². The lowest BCUT2D eigenvalue weighted by Gasteiger charge is -2.39. The average molecular weight is 467 g/mol. The highest BCUT2D eigenvalue weighted by atomic mass is 28.5. The van der Waals surface area contributed by atoms with E-state index in [9.17, 15) is 15.0 Å². The van der Waals surface area contributed by atoms with E-state index in [1.54, 1.807) is 0 Å². The van der Waals surface area contributed by atoms with Crippen molar-refractivity contribution in [3.05, 3.63) is 11.5 Å². The summed E-state index contributed by atoms with van der Waals surface area (Å²) in [5, 5.41) is 19.5. The van der Waals surface area contributed by atoms with Gasteiger partial charge >= 0.3 is 14.5 Å². The molecule has 11 heteroatoms. The maximum absolute atomic E-state index is 11.3. The van der Waals surface area contributed by atoms with Crippen LogP contribution in [0.1, 0.15) is 6.92 Å². The highest BCUT2D eigenvalue weighted by Crippen LogP contribution is 2.27. The second kappa shape index (κ2) is 10.6. The molecule has 0 aromatic rings. The van der Waals surface area contributed by atoms with Crippen LogP contribution >= 0.6 is 0 Å². The summed E-state index contributed by atoms with van der Waals surface area (Å²) in [6, 6.07) is 0.820. The summed E-state index contributed by atoms with van der Waals surface area (Å²) in [4.78, 5) is 11.3. The molecule has 0 saturated carbocycles. The minimum absolute atomic E-state index is 0.0649. The van der Waals surface area contributed by atoms with E-state index in [1.807, 2.05) is 0 Å². The van der Waals surface area contributed by atoms with Crippen LogP contribution in [0.4, 0.5) is 0 Å². The first kappa shape index (κ1) is 26.3. The first-order valence-electron chi connectivity index (χ1n) is 9.98. The fourth-order valence-electron chi connectivity index (χ4n) is 3.25. The first-order valence-corrected chi connectivity index (χ1v) is 19.3. The fourth-order valence-corrected chi connectivity index (χ4v) is 16.2. The highest BCUT2D eigenvalue weighted by molar-refractivity contribution is 6.87. The molecule has 2 N–H and O–H groups in total. The summed E-state index contributed by atoms with van der Waals surface area (Å²) in [6.45, 7) is 17.5. The zero-order valence-electron chi connectivity index (χ0n) is 19.0. The lowest BCUT2D eigenvalue weighted by molar-refractivity contribution is -0.140. The van der Waals surface area contributed by atoms with Gasteiger partial charge in [0.2, 0.25) is 5.76 Å². The van der Waals surface area contributed by atoms with Gasteiger partial charge in [0.15, 0.2) is 29.0 Å². The van der Waals surface area contributed by atoms with Crippen LogP contribution in [0, 0.1) is 5.92 Å². The summed E-state index contributed by atoms with van der Waals surface area (Å²) in [5.74, 6) is -1.01. The Balaban J connectivity index is 2.45. The van der Waals surface area contributed by atoms with Gasteiger partial charge in [-0.2, -0.15) is 0 Å². The molecule has 8 nitrogen and oxygen atoms in total. The molecule has 1 heterocycles. The van der Waals surface area contributed by atoms with Gasteiger partial charge in [-0.3, -0.25) is 0 Å². The Labute approximate surface area is 177 Å². The van der Waals surface area contributed by atoms with Crippen LogP contribution in [0.2, 0.25) is 51.9 Å². The lowest BCUT2D eigenvalue weighted by Crippen LogP contribution is -2.53. The number of hydrogen-bond donors (Lipinski definition) is 2. The van der Waals surface area contributed by atoms with Crippen LogP contribution < -0.4 is 0 Å². The molecule has 0 aromatic heterocycles. The molecule has 2 unspecified atom stereocenters. The maximum Gasteiger partial charge on any atom is 0.377 e. The van der Waals surface area contributed by atoms with Crippen molar-refractivity contribution in [2.45, 2.75) is 64.9 Å². The number of hydrogen-bond acceptors (Lipinski definition) is 8. The molecular formula is C18H38O8Si3. The molecule has 0 saturated heterocycles. The molecule has 170 valence electrons. The van der Waals surface area contributed by atoms with Crippen molar-refractivity contribution >= 4 is 31.2 Å². The topological polar surface area (TPSA) is 104 Å². The Kier molecular flexibility index (Phi) is 9.58. The third kappa shape index (κ3) is 10.8. The van der Waals surface area contributed by atoms with Crippen LogP contribution in [-0.4, -0.2) is 73.9 Å². The van der Waals surface area contributed by atoms with Crippen molar-refractivity contribution in [3.63, 3.8) is 0 Å². The van der Waals surface area contributed by atoms with E-state index in [0.29, 0.717) is 6.61 Å². The number of cyclic esters (lactones) is 1. The van der Waals surface area contributed by atoms with Gasteiger partial charge in [-0.25, -0.2) is 4.79 Å². The zero-order chi connectivity index (χ0) is 22.5. The van der Waals surface area contributed by atoms with E-state index >= 15 is 0 Å². The Morgan fingerprint density at radius 1 is 1.00 bits per heavy atom. The van der Waals surface area contributed by atoms with Crippen LogP contribution in [-0.2, 0) is 27.2 Å². The minimum Gasteiger partial charge on any atom is -0.505 e. The molecule has 29 heavy (non-hydrogen) atoms. The molecule has 1 aliphatic rings. The predicted octanol–water partition coefficient (Wildman–Crippen LogP) is 3.12. The van der Waals surface area contributed by atoms with E-state index in [-0.39, 0.29) is 37.3 Å². The smallest absolute Gasteiger partial charge is 0.377 e. The number of ether oxygens (including phenoxy) is 3. The molecule has 0 bridgehead atoms. The van der Waals surface area contributed by atoms with Crippen molar-refractivity contribution < 1.29 is 37.4 Å². The van der Waals surface area contributed by atoms with E-state index in [2.05, 4.69) is 57.5 Å². The Hall–Kier alpha value is -0.699. The number of carbonyl (C=O) groups excluding carboxylic acids is 1. The molecular weight excluding hydrogens is 428 g/mol. The molecule has 0 aromatic carbocycles. The van der Waals surface area contributed by atoms with Gasteiger partial charge in [0.1, 0.15) is 12.7 Å². The molecule has 0 amide bonds. The second-order valence-electron chi connectivity index (χ2n) is 9.73. The third-order valence-electron chi connectivity index (χ3n) is 3.68. The van der Waals surface area contributed by atoms with Crippen LogP contribution in [0.25, 0.3) is 0 Å². The van der Waals surface area contributed by atoms with E-state index < -0.39 is 37.3 Å². The summed E-state index contributed by atoms with van der Waals surface area (Å²) >= 11 is 0. The third-order valence-corrected chi connectivity index (χ3v) is 13.5. The number of carbonyl (C=O) groups is 1. The quantitative estimate of drug-likeness (QED) is 0.315. The molecule has 0 radical (unpaired) electrons. The van der Waals surface area contributed by atoms with E-state index in [4.69, 9.17) is 17.7 Å². The van der Waals surface area contributed by atoms with Crippen LogP contribution in [0.3, 0.4) is 0 Å². The standard InChI is InChI=1S/C18H38O8Si3/c1-14(13-29(8,25-27(2,3)4)26-28(5,6)7)9-22-10-15(19)11-23-17-16(20)12-24-18(17)21/h14-15,19-20H,9-13H2,1-8H3.